The number of ether oxygens (including phenoxy) is 3. The summed E-state index contributed by atoms with van der Waals surface area (Å²) < 4.78 is 44.9. The number of carbonyl (C=O) groups is 1. The van der Waals surface area contributed by atoms with Crippen molar-refractivity contribution in [2.45, 2.75) is 21.2 Å². The minimum atomic E-state index is -3.76. The molecule has 0 bridgehead atoms. The van der Waals surface area contributed by atoms with Gasteiger partial charge in [0.1, 0.15) is 0 Å². The summed E-state index contributed by atoms with van der Waals surface area (Å²) in [6.45, 7) is 1.68. The van der Waals surface area contributed by atoms with E-state index >= 15 is 0 Å². The summed E-state index contributed by atoms with van der Waals surface area (Å²) in [6.07, 6.45) is 0. The summed E-state index contributed by atoms with van der Waals surface area (Å²) in [4.78, 5) is 15.0. The van der Waals surface area contributed by atoms with Crippen LogP contribution < -0.4 is 14.8 Å². The number of morpholine rings is 1. The second kappa shape index (κ2) is 10.8. The summed E-state index contributed by atoms with van der Waals surface area (Å²) >= 11 is 4.83. The van der Waals surface area contributed by atoms with Crippen molar-refractivity contribution in [2.75, 3.05) is 33.1 Å². The molecule has 2 heterocycles. The van der Waals surface area contributed by atoms with Gasteiger partial charge in [0.05, 0.1) is 23.7 Å². The van der Waals surface area contributed by atoms with Gasteiger partial charge in [0.2, 0.25) is 16.8 Å². The summed E-state index contributed by atoms with van der Waals surface area (Å²) in [6, 6.07) is 17.9. The van der Waals surface area contributed by atoms with Gasteiger partial charge in [-0.1, -0.05) is 33.8 Å². The minimum absolute atomic E-state index is 0.0813. The van der Waals surface area contributed by atoms with Gasteiger partial charge in [0.15, 0.2) is 11.5 Å². The lowest BCUT2D eigenvalue weighted by molar-refractivity contribution is 0.0730. The van der Waals surface area contributed by atoms with E-state index in [0.29, 0.717) is 29.6 Å². The van der Waals surface area contributed by atoms with Crippen LogP contribution in [0.2, 0.25) is 0 Å². The fourth-order valence-electron chi connectivity index (χ4n) is 3.83. The third-order valence-electron chi connectivity index (χ3n) is 5.73. The van der Waals surface area contributed by atoms with E-state index in [1.807, 2.05) is 36.4 Å². The number of hydrogen-bond acceptors (Lipinski definition) is 7. The SMILES string of the molecule is O=C(NCc1ccc2c(c1)OCO2)c1cc(S(=O)(=O)N2CCOCC2)ccc1Sc1ccc(Br)cc1. The highest BCUT2D eigenvalue weighted by Gasteiger charge is 2.28. The van der Waals surface area contributed by atoms with Gasteiger partial charge in [0.25, 0.3) is 5.91 Å². The van der Waals surface area contributed by atoms with Gasteiger partial charge >= 0.3 is 0 Å². The number of rotatable bonds is 7. The van der Waals surface area contributed by atoms with Crippen LogP contribution in [0.3, 0.4) is 0 Å². The molecule has 1 fully saturated rings. The molecule has 2 aliphatic rings. The molecule has 0 radical (unpaired) electrons. The largest absolute Gasteiger partial charge is 0.454 e. The van der Waals surface area contributed by atoms with Crippen LogP contribution in [0.15, 0.2) is 79.8 Å². The molecule has 3 aromatic rings. The molecule has 0 saturated carbocycles. The van der Waals surface area contributed by atoms with E-state index in [1.165, 1.54) is 22.1 Å². The first kappa shape index (κ1) is 25.1. The number of hydrogen-bond donors (Lipinski definition) is 1. The van der Waals surface area contributed by atoms with Crippen LogP contribution in [0.25, 0.3) is 0 Å². The first-order valence-corrected chi connectivity index (χ1v) is 14.3. The lowest BCUT2D eigenvalue weighted by Crippen LogP contribution is -2.40. The van der Waals surface area contributed by atoms with Gasteiger partial charge in [-0.2, -0.15) is 4.31 Å². The normalized spacial score (nSPS) is 15.6. The smallest absolute Gasteiger partial charge is 0.252 e. The summed E-state index contributed by atoms with van der Waals surface area (Å²) in [5, 5.41) is 2.92. The topological polar surface area (TPSA) is 94.2 Å². The quantitative estimate of drug-likeness (QED) is 0.439. The van der Waals surface area contributed by atoms with Crippen molar-refractivity contribution in [1.82, 2.24) is 9.62 Å². The number of nitrogens with one attached hydrogen (secondary N) is 1. The zero-order valence-electron chi connectivity index (χ0n) is 19.1. The first-order valence-electron chi connectivity index (χ1n) is 11.2. The zero-order valence-corrected chi connectivity index (χ0v) is 22.3. The highest BCUT2D eigenvalue weighted by molar-refractivity contribution is 9.10. The molecule has 2 aliphatic heterocycles. The highest BCUT2D eigenvalue weighted by atomic mass is 79.9. The molecular weight excluding hydrogens is 568 g/mol. The van der Waals surface area contributed by atoms with E-state index in [2.05, 4.69) is 21.2 Å². The van der Waals surface area contributed by atoms with E-state index in [1.54, 1.807) is 18.2 Å². The molecule has 0 spiro atoms. The predicted molar refractivity (Wildman–Crippen MR) is 138 cm³/mol. The Morgan fingerprint density at radius 1 is 0.972 bits per heavy atom. The number of amides is 1. The Balaban J connectivity index is 1.42. The summed E-state index contributed by atoms with van der Waals surface area (Å²) in [5.74, 6) is 0.928. The van der Waals surface area contributed by atoms with Crippen LogP contribution in [-0.2, 0) is 21.3 Å². The van der Waals surface area contributed by atoms with Crippen molar-refractivity contribution in [3.63, 3.8) is 0 Å². The first-order chi connectivity index (χ1) is 17.4. The average molecular weight is 592 g/mol. The number of carbonyl (C=O) groups excluding carboxylic acids is 1. The van der Waals surface area contributed by atoms with Gasteiger partial charge in [0, 0.05) is 33.9 Å². The Bertz CT molecular complexity index is 1380. The summed E-state index contributed by atoms with van der Waals surface area (Å²) in [5.41, 5.74) is 1.13. The maximum absolute atomic E-state index is 13.4. The third kappa shape index (κ3) is 5.55. The van der Waals surface area contributed by atoms with Crippen LogP contribution >= 0.6 is 27.7 Å². The van der Waals surface area contributed by atoms with Crippen molar-refractivity contribution in [3.05, 3.63) is 76.3 Å². The van der Waals surface area contributed by atoms with Crippen molar-refractivity contribution in [2.24, 2.45) is 0 Å². The second-order valence-corrected chi connectivity index (χ2v) is 12.1. The van der Waals surface area contributed by atoms with E-state index in [0.717, 1.165) is 14.9 Å². The molecule has 0 atom stereocenters. The Kier molecular flexibility index (Phi) is 7.54. The van der Waals surface area contributed by atoms with Crippen molar-refractivity contribution < 1.29 is 27.4 Å². The van der Waals surface area contributed by atoms with Crippen LogP contribution in [0, 0.1) is 0 Å². The Morgan fingerprint density at radius 2 is 1.72 bits per heavy atom. The average Bonchev–Trinajstić information content (AvgIpc) is 3.37. The third-order valence-corrected chi connectivity index (χ3v) is 9.24. The Labute approximate surface area is 222 Å². The number of halogens is 1. The van der Waals surface area contributed by atoms with Gasteiger partial charge in [-0.25, -0.2) is 8.42 Å². The molecule has 5 rings (SSSR count). The van der Waals surface area contributed by atoms with Crippen LogP contribution in [0.4, 0.5) is 0 Å². The Hall–Kier alpha value is -2.57. The number of benzene rings is 3. The molecule has 1 amide bonds. The van der Waals surface area contributed by atoms with Crippen molar-refractivity contribution >= 4 is 43.6 Å². The zero-order chi connectivity index (χ0) is 25.1. The fourth-order valence-corrected chi connectivity index (χ4v) is 6.45. The predicted octanol–water partition coefficient (Wildman–Crippen LogP) is 4.28. The fraction of sp³-hybridized carbons (Fsp3) is 0.240. The van der Waals surface area contributed by atoms with E-state index in [9.17, 15) is 13.2 Å². The Morgan fingerprint density at radius 3 is 2.50 bits per heavy atom. The van der Waals surface area contributed by atoms with Crippen LogP contribution in [0.1, 0.15) is 15.9 Å². The number of nitrogens with zero attached hydrogens (tertiary/aromatic N) is 1. The number of sulfonamides is 1. The maximum atomic E-state index is 13.4. The van der Waals surface area contributed by atoms with Crippen LogP contribution in [-0.4, -0.2) is 51.7 Å². The number of fused-ring (bicyclic) bond motifs is 1. The molecule has 36 heavy (non-hydrogen) atoms. The molecule has 1 N–H and O–H groups in total. The van der Waals surface area contributed by atoms with Gasteiger partial charge in [-0.3, -0.25) is 4.79 Å². The molecule has 8 nitrogen and oxygen atoms in total. The summed E-state index contributed by atoms with van der Waals surface area (Å²) in [7, 11) is -3.76. The molecule has 1 saturated heterocycles. The van der Waals surface area contributed by atoms with Crippen LogP contribution in [0.5, 0.6) is 11.5 Å². The monoisotopic (exact) mass is 590 g/mol. The maximum Gasteiger partial charge on any atom is 0.252 e. The molecular formula is C25H23BrN2O6S2. The second-order valence-electron chi connectivity index (χ2n) is 8.10. The van der Waals surface area contributed by atoms with E-state index in [4.69, 9.17) is 14.2 Å². The van der Waals surface area contributed by atoms with Gasteiger partial charge in [-0.05, 0) is 60.2 Å². The van der Waals surface area contributed by atoms with Crippen molar-refractivity contribution in [1.29, 1.82) is 0 Å². The molecule has 0 aromatic heterocycles. The lowest BCUT2D eigenvalue weighted by Gasteiger charge is -2.26. The molecule has 3 aromatic carbocycles. The highest BCUT2D eigenvalue weighted by Crippen LogP contribution is 2.34. The lowest BCUT2D eigenvalue weighted by atomic mass is 10.1. The molecule has 0 unspecified atom stereocenters. The van der Waals surface area contributed by atoms with E-state index < -0.39 is 10.0 Å². The van der Waals surface area contributed by atoms with E-state index in [-0.39, 0.29) is 42.8 Å². The van der Waals surface area contributed by atoms with Gasteiger partial charge in [-0.15, -0.1) is 0 Å². The molecule has 11 heteroatoms. The standard InChI is InChI=1S/C25H23BrN2O6S2/c26-18-2-4-19(5-3-18)35-24-8-6-20(36(30,31)28-9-11-32-12-10-28)14-21(24)25(29)27-15-17-1-7-22-23(13-17)34-16-33-22/h1-8,13-14H,9-12,15-16H2,(H,27,29). The van der Waals surface area contributed by atoms with Crippen molar-refractivity contribution in [3.8, 4) is 11.5 Å². The molecule has 0 aliphatic carbocycles. The minimum Gasteiger partial charge on any atom is -0.454 e. The molecule has 188 valence electrons. The van der Waals surface area contributed by atoms with Gasteiger partial charge < -0.3 is 19.5 Å².